The van der Waals surface area contributed by atoms with Gasteiger partial charge in [0.25, 0.3) is 0 Å². The van der Waals surface area contributed by atoms with Gasteiger partial charge in [0, 0.05) is 52.2 Å². The van der Waals surface area contributed by atoms with Gasteiger partial charge in [0.1, 0.15) is 0 Å². The van der Waals surface area contributed by atoms with Crippen LogP contribution in [0, 0.1) is 0 Å². The average Bonchev–Trinajstić information content (AvgIpc) is 2.61. The van der Waals surface area contributed by atoms with Crippen molar-refractivity contribution in [3.05, 3.63) is 35.9 Å². The van der Waals surface area contributed by atoms with E-state index in [9.17, 15) is 4.79 Å². The van der Waals surface area contributed by atoms with Crippen LogP contribution >= 0.6 is 0 Å². The van der Waals surface area contributed by atoms with Crippen LogP contribution in [0.25, 0.3) is 0 Å². The first kappa shape index (κ1) is 18.9. The molecule has 24 heavy (non-hydrogen) atoms. The second-order valence-corrected chi connectivity index (χ2v) is 6.65. The fourth-order valence-electron chi connectivity index (χ4n) is 3.08. The molecule has 0 aliphatic carbocycles. The molecule has 0 spiro atoms. The van der Waals surface area contributed by atoms with Crippen LogP contribution in [0.4, 0.5) is 0 Å². The van der Waals surface area contributed by atoms with Gasteiger partial charge in [-0.05, 0) is 32.6 Å². The first-order chi connectivity index (χ1) is 11.7. The molecule has 1 aliphatic rings. The number of hydrogen-bond acceptors (Lipinski definition) is 4. The van der Waals surface area contributed by atoms with Crippen molar-refractivity contribution in [2.24, 2.45) is 0 Å². The van der Waals surface area contributed by atoms with E-state index in [2.05, 4.69) is 52.5 Å². The van der Waals surface area contributed by atoms with Gasteiger partial charge in [0.15, 0.2) is 0 Å². The Morgan fingerprint density at radius 2 is 1.88 bits per heavy atom. The lowest BCUT2D eigenvalue weighted by Crippen LogP contribution is -2.50. The summed E-state index contributed by atoms with van der Waals surface area (Å²) in [5.41, 5.74) is 1.36. The molecule has 1 heterocycles. The van der Waals surface area contributed by atoms with Crippen molar-refractivity contribution in [3.8, 4) is 0 Å². The Kier molecular flexibility index (Phi) is 8.22. The Labute approximate surface area is 146 Å². The molecule has 0 bridgehead atoms. The van der Waals surface area contributed by atoms with Gasteiger partial charge in [-0.25, -0.2) is 0 Å². The SMILES string of the molecule is CNCCCC(=O)N1CCN(CCN(C)Cc2ccccc2)CC1. The zero-order valence-corrected chi connectivity index (χ0v) is 15.2. The van der Waals surface area contributed by atoms with Gasteiger partial charge in [0.05, 0.1) is 0 Å². The van der Waals surface area contributed by atoms with Crippen LogP contribution in [0.3, 0.4) is 0 Å². The van der Waals surface area contributed by atoms with E-state index in [0.717, 1.165) is 58.8 Å². The average molecular weight is 332 g/mol. The Balaban J connectivity index is 1.61. The monoisotopic (exact) mass is 332 g/mol. The van der Waals surface area contributed by atoms with Crippen LogP contribution in [0.5, 0.6) is 0 Å². The number of piperazine rings is 1. The molecule has 134 valence electrons. The van der Waals surface area contributed by atoms with Crippen LogP contribution < -0.4 is 5.32 Å². The Morgan fingerprint density at radius 1 is 1.17 bits per heavy atom. The van der Waals surface area contributed by atoms with Crippen molar-refractivity contribution in [3.63, 3.8) is 0 Å². The van der Waals surface area contributed by atoms with E-state index in [1.165, 1.54) is 5.56 Å². The normalized spacial score (nSPS) is 15.9. The number of benzene rings is 1. The zero-order chi connectivity index (χ0) is 17.2. The summed E-state index contributed by atoms with van der Waals surface area (Å²) in [5, 5.41) is 3.09. The van der Waals surface area contributed by atoms with Gasteiger partial charge in [-0.15, -0.1) is 0 Å². The number of rotatable bonds is 9. The smallest absolute Gasteiger partial charge is 0.222 e. The molecule has 0 atom stereocenters. The highest BCUT2D eigenvalue weighted by Crippen LogP contribution is 2.06. The third kappa shape index (κ3) is 6.59. The van der Waals surface area contributed by atoms with Crippen LogP contribution in [-0.2, 0) is 11.3 Å². The van der Waals surface area contributed by atoms with E-state index in [-0.39, 0.29) is 0 Å². The fraction of sp³-hybridized carbons (Fsp3) is 0.632. The lowest BCUT2D eigenvalue weighted by atomic mass is 10.2. The van der Waals surface area contributed by atoms with Crippen LogP contribution in [0.15, 0.2) is 30.3 Å². The van der Waals surface area contributed by atoms with Crippen molar-refractivity contribution >= 4 is 5.91 Å². The molecule has 1 aromatic rings. The first-order valence-corrected chi connectivity index (χ1v) is 9.06. The lowest BCUT2D eigenvalue weighted by Gasteiger charge is -2.35. The van der Waals surface area contributed by atoms with Crippen molar-refractivity contribution in [1.29, 1.82) is 0 Å². The first-order valence-electron chi connectivity index (χ1n) is 9.06. The maximum Gasteiger partial charge on any atom is 0.222 e. The number of carbonyl (C=O) groups excluding carboxylic acids is 1. The van der Waals surface area contributed by atoms with E-state index < -0.39 is 0 Å². The van der Waals surface area contributed by atoms with Gasteiger partial charge in [-0.2, -0.15) is 0 Å². The highest BCUT2D eigenvalue weighted by Gasteiger charge is 2.20. The minimum atomic E-state index is 0.311. The molecule has 0 radical (unpaired) electrons. The summed E-state index contributed by atoms with van der Waals surface area (Å²) in [5.74, 6) is 0.311. The number of nitrogens with zero attached hydrogens (tertiary/aromatic N) is 3. The Morgan fingerprint density at radius 3 is 2.54 bits per heavy atom. The molecule has 1 aromatic carbocycles. The molecule has 0 unspecified atom stereocenters. The number of likely N-dealkylation sites (N-methyl/N-ethyl adjacent to an activating group) is 1. The summed E-state index contributed by atoms with van der Waals surface area (Å²) >= 11 is 0. The van der Waals surface area contributed by atoms with E-state index >= 15 is 0 Å². The van der Waals surface area contributed by atoms with Crippen molar-refractivity contribution < 1.29 is 4.79 Å². The minimum absolute atomic E-state index is 0.311. The Hall–Kier alpha value is -1.43. The second kappa shape index (κ2) is 10.4. The second-order valence-electron chi connectivity index (χ2n) is 6.65. The summed E-state index contributed by atoms with van der Waals surface area (Å²) in [4.78, 5) is 19.0. The van der Waals surface area contributed by atoms with E-state index in [1.54, 1.807) is 0 Å². The summed E-state index contributed by atoms with van der Waals surface area (Å²) in [7, 11) is 4.10. The molecule has 1 fully saturated rings. The van der Waals surface area contributed by atoms with E-state index in [0.29, 0.717) is 12.3 Å². The highest BCUT2D eigenvalue weighted by molar-refractivity contribution is 5.76. The van der Waals surface area contributed by atoms with Gasteiger partial charge >= 0.3 is 0 Å². The van der Waals surface area contributed by atoms with Gasteiger partial charge < -0.3 is 15.1 Å². The maximum atomic E-state index is 12.1. The zero-order valence-electron chi connectivity index (χ0n) is 15.2. The number of nitrogens with one attached hydrogen (secondary N) is 1. The highest BCUT2D eigenvalue weighted by atomic mass is 16.2. The molecule has 0 saturated carbocycles. The molecule has 0 aromatic heterocycles. The third-order valence-electron chi connectivity index (χ3n) is 4.64. The quantitative estimate of drug-likeness (QED) is 0.691. The van der Waals surface area contributed by atoms with Crippen LogP contribution in [-0.4, -0.2) is 80.5 Å². The molecule has 1 N–H and O–H groups in total. The van der Waals surface area contributed by atoms with Crippen molar-refractivity contribution in [2.45, 2.75) is 19.4 Å². The standard InChI is InChI=1S/C19H32N4O/c1-20-10-6-9-19(24)23-15-13-22(14-16-23)12-11-21(2)17-18-7-4-3-5-8-18/h3-5,7-8,20H,6,9-17H2,1-2H3. The number of hydrogen-bond donors (Lipinski definition) is 1. The van der Waals surface area contributed by atoms with Gasteiger partial charge in [0.2, 0.25) is 5.91 Å². The number of amides is 1. The van der Waals surface area contributed by atoms with Crippen LogP contribution in [0.2, 0.25) is 0 Å². The Bertz CT molecular complexity index is 472. The minimum Gasteiger partial charge on any atom is -0.340 e. The molecular formula is C19H32N4O. The largest absolute Gasteiger partial charge is 0.340 e. The summed E-state index contributed by atoms with van der Waals surface area (Å²) in [6.07, 6.45) is 1.60. The molecule has 1 amide bonds. The van der Waals surface area contributed by atoms with Gasteiger partial charge in [-0.3, -0.25) is 9.69 Å². The van der Waals surface area contributed by atoms with E-state index in [1.807, 2.05) is 11.9 Å². The number of carbonyl (C=O) groups is 1. The van der Waals surface area contributed by atoms with Crippen LogP contribution in [0.1, 0.15) is 18.4 Å². The molecule has 1 saturated heterocycles. The topological polar surface area (TPSA) is 38.8 Å². The van der Waals surface area contributed by atoms with Crippen molar-refractivity contribution in [1.82, 2.24) is 20.0 Å². The molecule has 5 nitrogen and oxygen atoms in total. The predicted molar refractivity (Wildman–Crippen MR) is 99.0 cm³/mol. The molecule has 1 aliphatic heterocycles. The maximum absolute atomic E-state index is 12.1. The summed E-state index contributed by atoms with van der Waals surface area (Å²) in [6, 6.07) is 10.6. The van der Waals surface area contributed by atoms with Gasteiger partial charge in [-0.1, -0.05) is 30.3 Å². The predicted octanol–water partition coefficient (Wildman–Crippen LogP) is 1.26. The van der Waals surface area contributed by atoms with Crippen molar-refractivity contribution in [2.75, 3.05) is 59.9 Å². The fourth-order valence-corrected chi connectivity index (χ4v) is 3.08. The summed E-state index contributed by atoms with van der Waals surface area (Å²) in [6.45, 7) is 7.79. The van der Waals surface area contributed by atoms with E-state index in [4.69, 9.17) is 0 Å². The molecule has 2 rings (SSSR count). The lowest BCUT2D eigenvalue weighted by molar-refractivity contribution is -0.133. The molecular weight excluding hydrogens is 300 g/mol. The summed E-state index contributed by atoms with van der Waals surface area (Å²) < 4.78 is 0. The molecule has 5 heteroatoms. The third-order valence-corrected chi connectivity index (χ3v) is 4.64.